The van der Waals surface area contributed by atoms with Crippen molar-refractivity contribution in [2.24, 2.45) is 10.7 Å². The second-order valence-corrected chi connectivity index (χ2v) is 5.71. The second-order valence-electron chi connectivity index (χ2n) is 5.71. The number of aliphatic imine (C=N–C) groups is 1. The summed E-state index contributed by atoms with van der Waals surface area (Å²) in [6, 6.07) is 1.62. The van der Waals surface area contributed by atoms with Crippen molar-refractivity contribution in [3.05, 3.63) is 23.3 Å². The summed E-state index contributed by atoms with van der Waals surface area (Å²) in [4.78, 5) is 25.9. The molecule has 26 heavy (non-hydrogen) atoms. The number of nitrogens with one attached hydrogen (secondary N) is 1. The van der Waals surface area contributed by atoms with Crippen LogP contribution in [0.5, 0.6) is 0 Å². The number of nitrogens with zero attached hydrogens (tertiary/aromatic N) is 3. The molecule has 2 rings (SSSR count). The summed E-state index contributed by atoms with van der Waals surface area (Å²) < 4.78 is 10.4. The molecular formula is C17H27N5O4. The summed E-state index contributed by atoms with van der Waals surface area (Å²) in [7, 11) is 3.22. The highest BCUT2D eigenvalue weighted by Gasteiger charge is 2.18. The Kier molecular flexibility index (Phi) is 8.66. The Balaban J connectivity index is 0.00000105. The molecule has 0 aliphatic carbocycles. The van der Waals surface area contributed by atoms with E-state index in [9.17, 15) is 4.79 Å². The zero-order valence-corrected chi connectivity index (χ0v) is 15.9. The fourth-order valence-electron chi connectivity index (χ4n) is 2.28. The zero-order chi connectivity index (χ0) is 19.7. The fourth-order valence-corrected chi connectivity index (χ4v) is 2.28. The molecule has 2 aromatic rings. The molecule has 2 aromatic heterocycles. The van der Waals surface area contributed by atoms with Crippen LogP contribution in [-0.2, 0) is 9.47 Å². The van der Waals surface area contributed by atoms with E-state index in [-0.39, 0.29) is 17.4 Å². The highest BCUT2D eigenvalue weighted by Crippen LogP contribution is 2.21. The number of amidine groups is 1. The molecule has 0 aromatic carbocycles. The minimum atomic E-state index is -1.37. The summed E-state index contributed by atoms with van der Waals surface area (Å²) in [5.74, 6) is 0.494. The lowest BCUT2D eigenvalue weighted by atomic mass is 10.1. The second kappa shape index (κ2) is 10.5. The molecule has 9 heteroatoms. The van der Waals surface area contributed by atoms with Crippen LogP contribution in [0.2, 0.25) is 0 Å². The van der Waals surface area contributed by atoms with Crippen LogP contribution in [-0.4, -0.2) is 59.4 Å². The maximum Gasteiger partial charge on any atom is 0.433 e. The summed E-state index contributed by atoms with van der Waals surface area (Å²) in [5.41, 5.74) is 7.93. The first-order valence-electron chi connectivity index (χ1n) is 8.30. The van der Waals surface area contributed by atoms with Crippen LogP contribution in [0.3, 0.4) is 0 Å². The molecule has 0 saturated heterocycles. The number of imidazole rings is 1. The van der Waals surface area contributed by atoms with E-state index in [4.69, 9.17) is 20.3 Å². The van der Waals surface area contributed by atoms with Crippen molar-refractivity contribution in [3.63, 3.8) is 0 Å². The number of aromatic amines is 1. The third-order valence-electron chi connectivity index (χ3n) is 3.26. The van der Waals surface area contributed by atoms with E-state index in [2.05, 4.69) is 33.8 Å². The number of ether oxygens (including phenoxy) is 2. The van der Waals surface area contributed by atoms with Crippen LogP contribution < -0.4 is 5.73 Å². The SMILES string of the molecule is CCC.COCC(COC)c1nc2c(C)nc(/C(N)=N/C(=O)O)cc2[nH]1. The molecule has 0 saturated carbocycles. The van der Waals surface area contributed by atoms with E-state index in [0.717, 1.165) is 0 Å². The third-order valence-corrected chi connectivity index (χ3v) is 3.26. The van der Waals surface area contributed by atoms with Gasteiger partial charge in [-0.15, -0.1) is 0 Å². The minimum absolute atomic E-state index is 0.0507. The smallest absolute Gasteiger partial charge is 0.433 e. The summed E-state index contributed by atoms with van der Waals surface area (Å²) in [6.45, 7) is 6.93. The predicted octanol–water partition coefficient (Wildman–Crippen LogP) is 2.44. The molecule has 0 unspecified atom stereocenters. The first-order valence-corrected chi connectivity index (χ1v) is 8.30. The van der Waals surface area contributed by atoms with Gasteiger partial charge in [0.15, 0.2) is 5.84 Å². The van der Waals surface area contributed by atoms with Crippen LogP contribution in [0.25, 0.3) is 11.0 Å². The molecule has 0 aliphatic rings. The van der Waals surface area contributed by atoms with Gasteiger partial charge in [0, 0.05) is 14.2 Å². The maximum atomic E-state index is 10.6. The number of hydrogen-bond donors (Lipinski definition) is 3. The highest BCUT2D eigenvalue weighted by atomic mass is 16.5. The van der Waals surface area contributed by atoms with E-state index in [0.29, 0.717) is 35.8 Å². The van der Waals surface area contributed by atoms with Crippen molar-refractivity contribution < 1.29 is 19.4 Å². The third kappa shape index (κ3) is 5.78. The van der Waals surface area contributed by atoms with Crippen molar-refractivity contribution in [3.8, 4) is 0 Å². The Labute approximate surface area is 152 Å². The number of methoxy groups -OCH3 is 2. The standard InChI is InChI=1S/C14H19N5O4.C3H8/c1-7-11-9(4-10(16-7)12(15)19-14(20)21)17-13(18-11)8(5-22-2)6-23-3;1-3-2/h4,8H,5-6H2,1-3H3,(H2,15,19)(H,17,18)(H,20,21);3H2,1-2H3. The lowest BCUT2D eigenvalue weighted by Crippen LogP contribution is -2.17. The van der Waals surface area contributed by atoms with Gasteiger partial charge in [0.25, 0.3) is 0 Å². The molecule has 0 spiro atoms. The van der Waals surface area contributed by atoms with Gasteiger partial charge in [-0.25, -0.2) is 14.8 Å². The molecule has 0 bridgehead atoms. The van der Waals surface area contributed by atoms with Crippen LogP contribution in [0.1, 0.15) is 43.4 Å². The summed E-state index contributed by atoms with van der Waals surface area (Å²) in [5, 5.41) is 8.68. The Morgan fingerprint density at radius 2 is 1.88 bits per heavy atom. The number of carbonyl (C=O) groups is 1. The number of aryl methyl sites for hydroxylation is 1. The number of hydrogen-bond acceptors (Lipinski definition) is 5. The minimum Gasteiger partial charge on any atom is -0.463 e. The number of nitrogens with two attached hydrogens (primary N) is 1. The first-order chi connectivity index (χ1) is 12.4. The molecule has 0 fully saturated rings. The van der Waals surface area contributed by atoms with E-state index in [1.165, 1.54) is 6.42 Å². The average Bonchev–Trinajstić information content (AvgIpc) is 2.99. The average molecular weight is 365 g/mol. The van der Waals surface area contributed by atoms with Gasteiger partial charge in [-0.05, 0) is 13.0 Å². The lowest BCUT2D eigenvalue weighted by Gasteiger charge is -2.11. The van der Waals surface area contributed by atoms with Crippen LogP contribution in [0, 0.1) is 6.92 Å². The lowest BCUT2D eigenvalue weighted by molar-refractivity contribution is 0.114. The van der Waals surface area contributed by atoms with Crippen molar-refractivity contribution in [2.75, 3.05) is 27.4 Å². The van der Waals surface area contributed by atoms with Crippen LogP contribution in [0.15, 0.2) is 11.1 Å². The molecule has 144 valence electrons. The number of amides is 1. The van der Waals surface area contributed by atoms with E-state index in [1.807, 2.05) is 0 Å². The summed E-state index contributed by atoms with van der Waals surface area (Å²) >= 11 is 0. The van der Waals surface area contributed by atoms with Gasteiger partial charge in [0.05, 0.1) is 30.3 Å². The molecule has 4 N–H and O–H groups in total. The predicted molar refractivity (Wildman–Crippen MR) is 99.8 cm³/mol. The molecule has 0 atom stereocenters. The van der Waals surface area contributed by atoms with Crippen molar-refractivity contribution >= 4 is 23.0 Å². The van der Waals surface area contributed by atoms with Gasteiger partial charge >= 0.3 is 6.09 Å². The number of H-pyrrole nitrogens is 1. The zero-order valence-electron chi connectivity index (χ0n) is 15.9. The van der Waals surface area contributed by atoms with Crippen molar-refractivity contribution in [1.82, 2.24) is 15.0 Å². The normalized spacial score (nSPS) is 11.5. The highest BCUT2D eigenvalue weighted by molar-refractivity contribution is 6.02. The van der Waals surface area contributed by atoms with Crippen molar-refractivity contribution in [1.29, 1.82) is 0 Å². The molecule has 2 heterocycles. The number of rotatable bonds is 6. The molecule has 9 nitrogen and oxygen atoms in total. The first kappa shape index (κ1) is 21.5. The monoisotopic (exact) mass is 365 g/mol. The number of aromatic nitrogens is 3. The molecule has 0 radical (unpaired) electrons. The number of fused-ring (bicyclic) bond motifs is 1. The topological polar surface area (TPSA) is 136 Å². The maximum absolute atomic E-state index is 10.6. The fraction of sp³-hybridized carbons (Fsp3) is 0.529. The Morgan fingerprint density at radius 3 is 2.38 bits per heavy atom. The van der Waals surface area contributed by atoms with Gasteiger partial charge in [0.2, 0.25) is 0 Å². The van der Waals surface area contributed by atoms with Crippen molar-refractivity contribution in [2.45, 2.75) is 33.1 Å². The van der Waals surface area contributed by atoms with Gasteiger partial charge < -0.3 is 25.3 Å². The Hall–Kier alpha value is -2.52. The van der Waals surface area contributed by atoms with Gasteiger partial charge in [-0.1, -0.05) is 20.3 Å². The van der Waals surface area contributed by atoms with E-state index >= 15 is 0 Å². The van der Waals surface area contributed by atoms with Gasteiger partial charge in [-0.2, -0.15) is 4.99 Å². The van der Waals surface area contributed by atoms with Gasteiger partial charge in [-0.3, -0.25) is 0 Å². The van der Waals surface area contributed by atoms with Crippen LogP contribution >= 0.6 is 0 Å². The Bertz CT molecular complexity index is 751. The Morgan fingerprint density at radius 1 is 1.31 bits per heavy atom. The van der Waals surface area contributed by atoms with E-state index in [1.54, 1.807) is 27.2 Å². The molecule has 1 amide bonds. The molecular weight excluding hydrogens is 338 g/mol. The van der Waals surface area contributed by atoms with E-state index < -0.39 is 6.09 Å². The van der Waals surface area contributed by atoms with Gasteiger partial charge in [0.1, 0.15) is 17.0 Å². The van der Waals surface area contributed by atoms with Crippen LogP contribution in [0.4, 0.5) is 4.79 Å². The summed E-state index contributed by atoms with van der Waals surface area (Å²) in [6.07, 6.45) is -0.118. The number of pyridine rings is 1. The largest absolute Gasteiger partial charge is 0.463 e. The molecule has 0 aliphatic heterocycles. The number of carboxylic acid groups (broad SMARTS) is 1. The quantitative estimate of drug-likeness (QED) is 0.528.